The van der Waals surface area contributed by atoms with E-state index in [4.69, 9.17) is 10.5 Å². The summed E-state index contributed by atoms with van der Waals surface area (Å²) in [7, 11) is 1.31. The highest BCUT2D eigenvalue weighted by atomic mass is 16.5. The first-order chi connectivity index (χ1) is 12.7. The molecule has 0 saturated heterocycles. The van der Waals surface area contributed by atoms with E-state index in [1.54, 1.807) is 12.3 Å². The fraction of sp³-hybridized carbons (Fsp3) is 0.429. The van der Waals surface area contributed by atoms with E-state index in [9.17, 15) is 4.79 Å². The van der Waals surface area contributed by atoms with E-state index in [0.717, 1.165) is 28.9 Å². The highest BCUT2D eigenvalue weighted by Crippen LogP contribution is 2.28. The second kappa shape index (κ2) is 8.86. The van der Waals surface area contributed by atoms with Crippen LogP contribution in [-0.2, 0) is 4.74 Å². The molecular formula is C21H29N3O3. The van der Waals surface area contributed by atoms with E-state index in [-0.39, 0.29) is 5.54 Å². The maximum Gasteiger partial charge on any atom is 0.412 e. The molecule has 1 amide bonds. The molecule has 0 aliphatic carbocycles. The molecule has 0 unspecified atom stereocenters. The van der Waals surface area contributed by atoms with Gasteiger partial charge in [0.1, 0.15) is 18.2 Å². The largest absolute Gasteiger partial charge is 0.491 e. The van der Waals surface area contributed by atoms with Crippen molar-refractivity contribution >= 4 is 11.9 Å². The number of pyridine rings is 1. The predicted molar refractivity (Wildman–Crippen MR) is 108 cm³/mol. The number of amides is 1. The molecule has 0 radical (unpaired) electrons. The summed E-state index contributed by atoms with van der Waals surface area (Å²) in [5.41, 5.74) is 8.93. The third-order valence-corrected chi connectivity index (χ3v) is 4.12. The number of benzene rings is 1. The van der Waals surface area contributed by atoms with Crippen LogP contribution < -0.4 is 15.8 Å². The van der Waals surface area contributed by atoms with E-state index in [1.165, 1.54) is 7.11 Å². The molecule has 2 rings (SSSR count). The summed E-state index contributed by atoms with van der Waals surface area (Å²) in [6.45, 7) is 8.80. The van der Waals surface area contributed by atoms with Crippen LogP contribution in [0.1, 0.15) is 32.8 Å². The topological polar surface area (TPSA) is 86.5 Å². The number of methoxy groups -OCH3 is 1. The van der Waals surface area contributed by atoms with Crippen molar-refractivity contribution in [2.45, 2.75) is 39.7 Å². The van der Waals surface area contributed by atoms with Crippen LogP contribution in [0, 0.1) is 12.8 Å². The third kappa shape index (κ3) is 6.25. The van der Waals surface area contributed by atoms with Crippen molar-refractivity contribution in [2.24, 2.45) is 11.7 Å². The first kappa shape index (κ1) is 20.7. The molecule has 2 aromatic rings. The lowest BCUT2D eigenvalue weighted by Crippen LogP contribution is -2.43. The first-order valence-electron chi connectivity index (χ1n) is 9.04. The smallest absolute Gasteiger partial charge is 0.412 e. The van der Waals surface area contributed by atoms with Crippen molar-refractivity contribution in [3.63, 3.8) is 0 Å². The van der Waals surface area contributed by atoms with Gasteiger partial charge in [0, 0.05) is 11.7 Å². The average molecular weight is 371 g/mol. The van der Waals surface area contributed by atoms with Crippen molar-refractivity contribution in [3.8, 4) is 16.9 Å². The molecule has 0 aliphatic heterocycles. The van der Waals surface area contributed by atoms with Crippen molar-refractivity contribution in [3.05, 3.63) is 42.1 Å². The quantitative estimate of drug-likeness (QED) is 0.754. The van der Waals surface area contributed by atoms with Gasteiger partial charge in [-0.15, -0.1) is 0 Å². The van der Waals surface area contributed by atoms with Gasteiger partial charge in [-0.05, 0) is 67.1 Å². The van der Waals surface area contributed by atoms with Gasteiger partial charge in [0.05, 0.1) is 7.11 Å². The number of aromatic nitrogens is 1. The zero-order valence-corrected chi connectivity index (χ0v) is 16.7. The summed E-state index contributed by atoms with van der Waals surface area (Å²) in [4.78, 5) is 15.5. The fourth-order valence-corrected chi connectivity index (χ4v) is 3.06. The minimum atomic E-state index is -0.550. The molecule has 0 spiro atoms. The van der Waals surface area contributed by atoms with E-state index in [1.807, 2.05) is 38.1 Å². The van der Waals surface area contributed by atoms with Crippen molar-refractivity contribution in [1.82, 2.24) is 4.98 Å². The first-order valence-corrected chi connectivity index (χ1v) is 9.04. The van der Waals surface area contributed by atoms with E-state index < -0.39 is 6.09 Å². The second-order valence-corrected chi connectivity index (χ2v) is 7.57. The number of nitrogens with one attached hydrogen (secondary N) is 1. The zero-order valence-electron chi connectivity index (χ0n) is 16.7. The average Bonchev–Trinajstić information content (AvgIpc) is 2.59. The number of nitrogens with zero attached hydrogens (tertiary/aromatic N) is 1. The minimum Gasteiger partial charge on any atom is -0.491 e. The molecule has 1 aromatic carbocycles. The van der Waals surface area contributed by atoms with Crippen molar-refractivity contribution in [1.29, 1.82) is 0 Å². The Morgan fingerprint density at radius 3 is 2.59 bits per heavy atom. The van der Waals surface area contributed by atoms with Crippen LogP contribution in [0.25, 0.3) is 11.1 Å². The molecule has 27 heavy (non-hydrogen) atoms. The summed E-state index contributed by atoms with van der Waals surface area (Å²) in [5.74, 6) is 1.78. The van der Waals surface area contributed by atoms with Gasteiger partial charge in [-0.3, -0.25) is 5.32 Å². The number of carbonyl (C=O) groups is 1. The summed E-state index contributed by atoms with van der Waals surface area (Å²) in [5, 5.41) is 2.57. The van der Waals surface area contributed by atoms with Crippen LogP contribution >= 0.6 is 0 Å². The number of nitrogens with two attached hydrogens (primary N) is 1. The third-order valence-electron chi connectivity index (χ3n) is 4.12. The molecule has 6 nitrogen and oxygen atoms in total. The number of aryl methyl sites for hydroxylation is 1. The van der Waals surface area contributed by atoms with Gasteiger partial charge in [0.25, 0.3) is 0 Å². The Labute approximate surface area is 161 Å². The van der Waals surface area contributed by atoms with Gasteiger partial charge in [0.15, 0.2) is 0 Å². The second-order valence-electron chi connectivity index (χ2n) is 7.57. The molecule has 1 heterocycles. The van der Waals surface area contributed by atoms with E-state index in [0.29, 0.717) is 18.3 Å². The maximum absolute atomic E-state index is 11.3. The maximum atomic E-state index is 11.3. The Bertz CT molecular complexity index is 788. The molecule has 0 saturated carbocycles. The molecule has 6 heteroatoms. The Hall–Kier alpha value is -2.60. The van der Waals surface area contributed by atoms with Crippen LogP contribution in [0.4, 0.5) is 10.6 Å². The molecular weight excluding hydrogens is 342 g/mol. The Kier molecular flexibility index (Phi) is 6.80. The van der Waals surface area contributed by atoms with E-state index >= 15 is 0 Å². The van der Waals surface area contributed by atoms with Crippen LogP contribution in [0.15, 0.2) is 36.5 Å². The number of carbonyl (C=O) groups excluding carboxylic acids is 1. The zero-order chi connectivity index (χ0) is 20.0. The van der Waals surface area contributed by atoms with Crippen LogP contribution in [0.5, 0.6) is 5.75 Å². The summed E-state index contributed by atoms with van der Waals surface area (Å²) < 4.78 is 10.6. The van der Waals surface area contributed by atoms with Gasteiger partial charge < -0.3 is 15.2 Å². The SMILES string of the molecule is COC(=O)Nc1cc(-c2ccc(OC[C@@](C)(N)CC(C)C)c(C)c2)ccn1. The molecule has 146 valence electrons. The summed E-state index contributed by atoms with van der Waals surface area (Å²) in [6.07, 6.45) is 1.99. The van der Waals surface area contributed by atoms with Gasteiger partial charge in [0.2, 0.25) is 0 Å². The number of hydrogen-bond donors (Lipinski definition) is 2. The van der Waals surface area contributed by atoms with Crippen LogP contribution in [0.2, 0.25) is 0 Å². The van der Waals surface area contributed by atoms with Crippen molar-refractivity contribution < 1.29 is 14.3 Å². The van der Waals surface area contributed by atoms with Crippen LogP contribution in [-0.4, -0.2) is 30.3 Å². The van der Waals surface area contributed by atoms with Gasteiger partial charge in [-0.25, -0.2) is 9.78 Å². The highest BCUT2D eigenvalue weighted by Gasteiger charge is 2.21. The van der Waals surface area contributed by atoms with Gasteiger partial charge in [-0.1, -0.05) is 19.9 Å². The number of rotatable bonds is 7. The van der Waals surface area contributed by atoms with Crippen LogP contribution in [0.3, 0.4) is 0 Å². The fourth-order valence-electron chi connectivity index (χ4n) is 3.06. The molecule has 0 bridgehead atoms. The van der Waals surface area contributed by atoms with Crippen molar-refractivity contribution in [2.75, 3.05) is 19.0 Å². The lowest BCUT2D eigenvalue weighted by atomic mass is 9.93. The number of anilines is 1. The lowest BCUT2D eigenvalue weighted by molar-refractivity contribution is 0.187. The molecule has 1 atom stereocenters. The molecule has 1 aromatic heterocycles. The Balaban J connectivity index is 2.12. The highest BCUT2D eigenvalue weighted by molar-refractivity contribution is 5.84. The minimum absolute atomic E-state index is 0.362. The predicted octanol–water partition coefficient (Wildman–Crippen LogP) is 4.38. The number of hydrogen-bond acceptors (Lipinski definition) is 5. The Morgan fingerprint density at radius 1 is 1.26 bits per heavy atom. The van der Waals surface area contributed by atoms with Gasteiger partial charge in [-0.2, -0.15) is 0 Å². The summed E-state index contributed by atoms with van der Waals surface area (Å²) >= 11 is 0. The number of ether oxygens (including phenoxy) is 2. The molecule has 3 N–H and O–H groups in total. The monoisotopic (exact) mass is 371 g/mol. The summed E-state index contributed by atoms with van der Waals surface area (Å²) in [6, 6.07) is 9.66. The Morgan fingerprint density at radius 2 is 1.96 bits per heavy atom. The standard InChI is InChI=1S/C21H29N3O3/c1-14(2)12-21(4,22)13-27-18-7-6-16(10-15(18)3)17-8-9-23-19(11-17)24-20(25)26-5/h6-11,14H,12-13,22H2,1-5H3,(H,23,24,25)/t21-/m0/s1. The molecule has 0 aliphatic rings. The normalized spacial score (nSPS) is 13.1. The van der Waals surface area contributed by atoms with Gasteiger partial charge >= 0.3 is 6.09 Å². The molecule has 0 fully saturated rings. The lowest BCUT2D eigenvalue weighted by Gasteiger charge is -2.27. The van der Waals surface area contributed by atoms with E-state index in [2.05, 4.69) is 28.9 Å².